The molecule has 0 spiro atoms. The van der Waals surface area contributed by atoms with Crippen LogP contribution in [0.4, 0.5) is 0 Å². The Kier molecular flexibility index (Phi) is 42.3. The molecular weight excluding hydrogens is 511 g/mol. The fourth-order valence-electron chi connectivity index (χ4n) is 0.987. The molecule has 0 aromatic heterocycles. The fraction of sp³-hybridized carbons (Fsp3) is 0.286. The summed E-state index contributed by atoms with van der Waals surface area (Å²) in [6.45, 7) is 5.94. The van der Waals surface area contributed by atoms with Crippen molar-refractivity contribution in [2.45, 2.75) is 27.7 Å². The van der Waals surface area contributed by atoms with Gasteiger partial charge in [0.15, 0.2) is 0 Å². The van der Waals surface area contributed by atoms with E-state index in [0.717, 1.165) is 0 Å². The third-order valence-electron chi connectivity index (χ3n) is 1.77. The molecule has 0 bridgehead atoms. The summed E-state index contributed by atoms with van der Waals surface area (Å²) < 4.78 is 16.0. The van der Waals surface area contributed by atoms with Crippen molar-refractivity contribution in [1.82, 2.24) is 0 Å². The maximum absolute atomic E-state index is 10.4. The van der Waals surface area contributed by atoms with Gasteiger partial charge in [-0.05, 0) is 0 Å². The summed E-state index contributed by atoms with van der Waals surface area (Å²) in [5, 5.41) is 89.0. The minimum absolute atomic E-state index is 0. The first-order chi connectivity index (χ1) is 14.6. The van der Waals surface area contributed by atoms with E-state index in [2.05, 4.69) is 27.1 Å². The zero-order valence-electron chi connectivity index (χ0n) is 18.5. The predicted molar refractivity (Wildman–Crippen MR) is 92.9 cm³/mol. The monoisotopic (exact) mass is 524 g/mol. The van der Waals surface area contributed by atoms with Crippen molar-refractivity contribution in [2.75, 3.05) is 0 Å². The van der Waals surface area contributed by atoms with E-state index in [1.54, 1.807) is 26.0 Å². The molecule has 0 aromatic carbocycles. The number of nitrogens with zero attached hydrogens (tertiary/aromatic N) is 8. The van der Waals surface area contributed by atoms with Crippen LogP contribution >= 0.6 is 0 Å². The second-order valence-corrected chi connectivity index (χ2v) is 8.01. The molecule has 2 N–H and O–H groups in total. The van der Waals surface area contributed by atoms with E-state index < -0.39 is 7.60 Å². The molecule has 160 valence electrons. The molecule has 33 heavy (non-hydrogen) atoms. The summed E-state index contributed by atoms with van der Waals surface area (Å²) in [5.41, 5.74) is 0. The van der Waals surface area contributed by atoms with E-state index in [-0.39, 0.29) is 103 Å². The van der Waals surface area contributed by atoms with Gasteiger partial charge in [0, 0.05) is 13.8 Å². The predicted octanol–water partition coefficient (Wildman–Crippen LogP) is -13.1. The third kappa shape index (κ3) is 19.6. The number of hydrogen-bond acceptors (Lipinski definition) is 8. The molecule has 0 atom stereocenters. The molecule has 0 fully saturated rings. The number of nitrogens with one attached hydrogen (secondary N) is 2. The Morgan fingerprint density at radius 3 is 0.667 bits per heavy atom. The van der Waals surface area contributed by atoms with Crippen LogP contribution in [0.3, 0.4) is 0 Å². The minimum atomic E-state index is -7.15. The Balaban J connectivity index is -0.0000000807. The van der Waals surface area contributed by atoms with Crippen LogP contribution in [0.15, 0.2) is 0 Å². The average molecular weight is 525 g/mol. The first-order valence-electron chi connectivity index (χ1n) is 6.86. The van der Waals surface area contributed by atoms with Crippen LogP contribution < -0.4 is 144 Å². The van der Waals surface area contributed by atoms with Gasteiger partial charge in [0.1, 0.15) is 0 Å². The van der Waals surface area contributed by atoms with Crippen molar-refractivity contribution in [2.24, 2.45) is 0 Å². The summed E-state index contributed by atoms with van der Waals surface area (Å²) in [7, 11) is -7.15. The van der Waals surface area contributed by atoms with Crippen LogP contribution in [0.5, 0.6) is 0 Å². The Labute approximate surface area is 274 Å². The van der Waals surface area contributed by atoms with Crippen LogP contribution in [-0.2, 0) is 0 Å². The number of hydrogen-bond donors (Lipinski definition) is 2. The van der Waals surface area contributed by atoms with Gasteiger partial charge in [-0.1, -0.05) is 0 Å². The van der Waals surface area contributed by atoms with Crippen molar-refractivity contribution in [3.8, 4) is 61.8 Å². The van der Waals surface area contributed by atoms with E-state index in [1.807, 2.05) is 12.1 Å². The van der Waals surface area contributed by atoms with Gasteiger partial charge in [0.25, 0.3) is 12.1 Å². The van der Waals surface area contributed by atoms with Crippen LogP contribution in [-0.4, -0.2) is 7.60 Å². The third-order valence-corrected chi connectivity index (χ3v) is 5.32. The van der Waals surface area contributed by atoms with Gasteiger partial charge in [0.2, 0.25) is 0 Å². The molecule has 0 saturated heterocycles. The van der Waals surface area contributed by atoms with E-state index in [0.29, 0.717) is 37.5 Å². The summed E-state index contributed by atoms with van der Waals surface area (Å²) in [6, 6.07) is 7.50. The zero-order chi connectivity index (χ0) is 25.7. The molecule has 0 aliphatic heterocycles. The van der Waals surface area contributed by atoms with E-state index >= 15 is 0 Å². The second kappa shape index (κ2) is 29.2. The van der Waals surface area contributed by atoms with Gasteiger partial charge in [-0.3, -0.25) is 0 Å². The second-order valence-electron chi connectivity index (χ2n) is 3.67. The van der Waals surface area contributed by atoms with Crippen molar-refractivity contribution in [1.29, 1.82) is 10.5 Å². The van der Waals surface area contributed by atoms with E-state index in [9.17, 15) is 30.6 Å². The van der Waals surface area contributed by atoms with Gasteiger partial charge < -0.3 is 0 Å². The van der Waals surface area contributed by atoms with Crippen LogP contribution in [0.25, 0.3) is 27.1 Å². The van der Waals surface area contributed by atoms with Crippen LogP contribution in [0.1, 0.15) is 27.7 Å². The quantitative estimate of drug-likeness (QED) is 0.226. The summed E-state index contributed by atoms with van der Waals surface area (Å²) in [5.74, 6) is 0. The van der Waals surface area contributed by atoms with Crippen LogP contribution in [0, 0.1) is 72.3 Å². The summed E-state index contributed by atoms with van der Waals surface area (Å²) >= 11 is 0. The van der Waals surface area contributed by atoms with Crippen molar-refractivity contribution in [3.05, 3.63) is 27.1 Å². The Morgan fingerprint density at radius 2 is 0.606 bits per heavy atom. The van der Waals surface area contributed by atoms with Crippen LogP contribution in [0.2, 0.25) is 0 Å². The molecule has 0 heterocycles. The molecule has 0 amide bonds. The van der Waals surface area contributed by atoms with Gasteiger partial charge in [-0.25, -0.2) is 0 Å². The van der Waals surface area contributed by atoms with Gasteiger partial charge in [-0.2, -0.15) is 10.5 Å². The Morgan fingerprint density at radius 1 is 0.515 bits per heavy atom. The average Bonchev–Trinajstić information content (AvgIpc) is 2.66. The standard InChI is InChI=1S/C6H6N6O6Si.4C2H3N.2K/c13-1-7-19(8-2-14,9-3-15,10-4-16,11-5-17)12-6-18;4*1-2-3;;/h13-18H;4*1H3;;/q+4;;;;;2*+1/p-4. The molecule has 0 radical (unpaired) electrons. The number of rotatable bonds is 0. The first kappa shape index (κ1) is 47.8. The Bertz CT molecular complexity index is 909. The van der Waals surface area contributed by atoms with Gasteiger partial charge >= 0.3 is 206 Å². The molecule has 16 nitrogen and oxygen atoms in total. The molecule has 19 heteroatoms. The molecular formula is C14H14K2N10O6Si+2. The molecule has 0 rings (SSSR count). The molecule has 0 saturated carbocycles. The van der Waals surface area contributed by atoms with Crippen molar-refractivity contribution >= 4 is 7.60 Å². The van der Waals surface area contributed by atoms with E-state index in [4.69, 9.17) is 21.0 Å². The van der Waals surface area contributed by atoms with Crippen molar-refractivity contribution in [3.63, 3.8) is 0 Å². The van der Waals surface area contributed by atoms with E-state index in [1.165, 1.54) is 13.8 Å². The zero-order valence-corrected chi connectivity index (χ0v) is 25.8. The Hall–Kier alpha value is -2.81. The molecule has 0 aliphatic carbocycles. The normalized spacial score (nSPS) is 7.15. The number of nitriles is 2. The molecule has 0 aliphatic rings. The molecule has 0 aromatic rings. The van der Waals surface area contributed by atoms with Crippen molar-refractivity contribution < 1.29 is 144 Å². The van der Waals surface area contributed by atoms with Gasteiger partial charge in [-0.15, -0.1) is 10.5 Å². The topological polar surface area (TPSA) is 260 Å². The summed E-state index contributed by atoms with van der Waals surface area (Å²) in [4.78, 5) is 0. The summed E-state index contributed by atoms with van der Waals surface area (Å²) in [6.07, 6.45) is 4.17. The SMILES string of the molecule is CC#N.CC#N.CC#[NH+].CC#[NH+].[K+].[K+].[O-]C#[N+][Si-2]([N+]#C[O-])([N+]#C[O-])([N+]#C[O-])([N+]#C[O-])[N+]#C[O-]. The molecule has 0 unspecified atom stereocenters. The first-order valence-corrected chi connectivity index (χ1v) is 9.54. The van der Waals surface area contributed by atoms with Gasteiger partial charge in [0.05, 0.1) is 26.0 Å². The fourth-order valence-corrected chi connectivity index (χ4v) is 2.96. The maximum atomic E-state index is 10.4.